The van der Waals surface area contributed by atoms with Gasteiger partial charge in [0.15, 0.2) is 6.10 Å². The zero-order valence-corrected chi connectivity index (χ0v) is 33.3. The molecule has 6 rings (SSSR count). The van der Waals surface area contributed by atoms with E-state index in [2.05, 4.69) is 30.6 Å². The van der Waals surface area contributed by atoms with Crippen LogP contribution in [0.25, 0.3) is 33.6 Å². The van der Waals surface area contributed by atoms with Gasteiger partial charge in [-0.1, -0.05) is 76.2 Å². The van der Waals surface area contributed by atoms with Crippen LogP contribution in [0.15, 0.2) is 54.7 Å². The quantitative estimate of drug-likeness (QED) is 0.123. The predicted octanol–water partition coefficient (Wildman–Crippen LogP) is 7.24. The number of nitrogens with zero attached hydrogens (tertiary/aromatic N) is 4. The van der Waals surface area contributed by atoms with E-state index in [9.17, 15) is 32.3 Å². The molecule has 4 amide bonds. The third-order valence-corrected chi connectivity index (χ3v) is 10.7. The number of aromatic nitrogens is 4. The second-order valence-electron chi connectivity index (χ2n) is 15.2. The van der Waals surface area contributed by atoms with E-state index in [0.29, 0.717) is 31.6 Å². The maximum atomic E-state index is 14.4. The number of H-pyrrole nitrogens is 2. The molecule has 0 bridgehead atoms. The van der Waals surface area contributed by atoms with Gasteiger partial charge in [-0.25, -0.2) is 19.6 Å². The molecule has 4 aromatic rings. The molecular weight excluding hydrogens is 757 g/mol. The van der Waals surface area contributed by atoms with Crippen molar-refractivity contribution in [3.63, 3.8) is 0 Å². The number of halogens is 3. The molecule has 310 valence electrons. The number of hydrogen-bond acceptors (Lipinski definition) is 8. The molecule has 2 fully saturated rings. The van der Waals surface area contributed by atoms with E-state index >= 15 is 0 Å². The Bertz CT molecular complexity index is 2100. The number of ether oxygens (including phenoxy) is 2. The van der Waals surface area contributed by atoms with E-state index in [1.54, 1.807) is 49.2 Å². The summed E-state index contributed by atoms with van der Waals surface area (Å²) in [6.45, 7) is 8.00. The molecule has 4 N–H and O–H groups in total. The molecule has 0 unspecified atom stereocenters. The van der Waals surface area contributed by atoms with Crippen LogP contribution in [0.4, 0.5) is 22.8 Å². The molecule has 0 aliphatic carbocycles. The van der Waals surface area contributed by atoms with Crippen LogP contribution < -0.4 is 10.6 Å². The molecular formula is C41H49F3N8O6. The summed E-state index contributed by atoms with van der Waals surface area (Å²) in [6, 6.07) is 12.5. The maximum Gasteiger partial charge on any atom is 0.433 e. The Kier molecular flexibility index (Phi) is 12.5. The van der Waals surface area contributed by atoms with Gasteiger partial charge in [-0.3, -0.25) is 9.59 Å². The Balaban J connectivity index is 1.18. The zero-order valence-electron chi connectivity index (χ0n) is 33.3. The lowest BCUT2D eigenvalue weighted by molar-refractivity contribution is -0.143. The molecule has 2 aliphatic heterocycles. The summed E-state index contributed by atoms with van der Waals surface area (Å²) in [6.07, 6.45) is -3.14. The summed E-state index contributed by atoms with van der Waals surface area (Å²) in [5, 5.41) is 4.99. The number of rotatable bonds is 11. The van der Waals surface area contributed by atoms with E-state index in [1.807, 2.05) is 38.1 Å². The summed E-state index contributed by atoms with van der Waals surface area (Å²) in [4.78, 5) is 69.0. The lowest BCUT2D eigenvalue weighted by Gasteiger charge is -2.30. The summed E-state index contributed by atoms with van der Waals surface area (Å²) < 4.78 is 53.3. The number of imidazole rings is 2. The van der Waals surface area contributed by atoms with Crippen LogP contribution in [0.3, 0.4) is 0 Å². The van der Waals surface area contributed by atoms with Gasteiger partial charge in [-0.05, 0) is 54.2 Å². The van der Waals surface area contributed by atoms with Gasteiger partial charge in [0.05, 0.1) is 31.1 Å². The first-order valence-corrected chi connectivity index (χ1v) is 19.4. The number of alkyl carbamates (subject to hydrolysis) is 2. The zero-order chi connectivity index (χ0) is 41.9. The van der Waals surface area contributed by atoms with Gasteiger partial charge in [0.1, 0.15) is 29.1 Å². The molecule has 0 radical (unpaired) electrons. The van der Waals surface area contributed by atoms with Crippen molar-refractivity contribution in [1.82, 2.24) is 40.4 Å². The van der Waals surface area contributed by atoms with Crippen molar-refractivity contribution in [3.05, 3.63) is 72.1 Å². The fraction of sp³-hybridized carbons (Fsp3) is 0.463. The first-order valence-electron chi connectivity index (χ1n) is 19.4. The first kappa shape index (κ1) is 41.8. The van der Waals surface area contributed by atoms with Crippen LogP contribution in [-0.4, -0.2) is 93.1 Å². The summed E-state index contributed by atoms with van der Waals surface area (Å²) in [5.41, 5.74) is 2.16. The Hall–Kier alpha value is -5.87. The summed E-state index contributed by atoms with van der Waals surface area (Å²) >= 11 is 0. The average molecular weight is 807 g/mol. The van der Waals surface area contributed by atoms with Crippen LogP contribution in [0, 0.1) is 11.8 Å². The minimum absolute atomic E-state index is 0.0137. The van der Waals surface area contributed by atoms with Crippen molar-refractivity contribution >= 4 is 24.0 Å². The van der Waals surface area contributed by atoms with E-state index in [1.165, 1.54) is 19.1 Å². The molecule has 2 aromatic carbocycles. The summed E-state index contributed by atoms with van der Waals surface area (Å²) in [7, 11) is 2.63. The van der Waals surface area contributed by atoms with Crippen LogP contribution >= 0.6 is 0 Å². The molecule has 4 atom stereocenters. The highest BCUT2D eigenvalue weighted by molar-refractivity contribution is 5.86. The molecule has 2 aliphatic rings. The average Bonchev–Trinajstić information content (AvgIpc) is 4.04. The molecule has 17 heteroatoms. The Morgan fingerprint density at radius 2 is 1.33 bits per heavy atom. The third-order valence-electron chi connectivity index (χ3n) is 10.7. The van der Waals surface area contributed by atoms with Crippen LogP contribution in [0.5, 0.6) is 0 Å². The van der Waals surface area contributed by atoms with Crippen LogP contribution in [-0.2, 0) is 25.2 Å². The smallest absolute Gasteiger partial charge is 0.433 e. The maximum absolute atomic E-state index is 14.4. The van der Waals surface area contributed by atoms with Gasteiger partial charge in [0, 0.05) is 25.7 Å². The Labute approximate surface area is 334 Å². The predicted molar refractivity (Wildman–Crippen MR) is 208 cm³/mol. The Morgan fingerprint density at radius 3 is 1.86 bits per heavy atom. The minimum atomic E-state index is -4.75. The first-order chi connectivity index (χ1) is 27.6. The van der Waals surface area contributed by atoms with E-state index in [4.69, 9.17) is 9.47 Å². The number of aromatic amines is 2. The van der Waals surface area contributed by atoms with Crippen molar-refractivity contribution in [2.24, 2.45) is 11.8 Å². The number of amides is 4. The standard InChI is InChI=1S/C41H49F3N8O6/c1-22(2)31(49-40(56)57-6)37(53)51-19-7-9-29(51)35-46-21-28(47-35)26-15-11-24(12-16-26)25-13-17-27(18-14-25)32-34(41(42,43)44)50-36(48-32)30-10-8-20-52(30)38(54)33(23(3)4)58-39(55)45-5/h11-18,21-23,29-31,33H,7-10,19-20H2,1-6H3,(H,45,55)(H,46,47)(H,48,50)(H,49,56)/t29-,30-,31-,33-/m0/s1. The van der Waals surface area contributed by atoms with E-state index < -0.39 is 48.2 Å². The van der Waals surface area contributed by atoms with Crippen LogP contribution in [0.2, 0.25) is 0 Å². The topological polar surface area (TPSA) is 175 Å². The molecule has 2 saturated heterocycles. The normalized spacial score (nSPS) is 18.1. The highest BCUT2D eigenvalue weighted by atomic mass is 19.4. The van der Waals surface area contributed by atoms with E-state index in [-0.39, 0.29) is 47.4 Å². The van der Waals surface area contributed by atoms with Crippen molar-refractivity contribution in [2.45, 2.75) is 83.8 Å². The highest BCUT2D eigenvalue weighted by Crippen LogP contribution is 2.40. The lowest BCUT2D eigenvalue weighted by Crippen LogP contribution is -2.51. The van der Waals surface area contributed by atoms with Gasteiger partial charge < -0.3 is 39.9 Å². The number of methoxy groups -OCH3 is 1. The third kappa shape index (κ3) is 8.82. The number of carbonyl (C=O) groups excluding carboxylic acids is 4. The van der Waals surface area contributed by atoms with Crippen molar-refractivity contribution < 1.29 is 41.8 Å². The minimum Gasteiger partial charge on any atom is -0.453 e. The molecule has 0 spiro atoms. The van der Waals surface area contributed by atoms with Gasteiger partial charge in [0.2, 0.25) is 5.91 Å². The number of nitrogens with one attached hydrogen (secondary N) is 4. The SMILES string of the molecule is CNC(=O)O[C@H](C(=O)N1CCC[C@H]1c1nc(-c2ccc(-c3ccc(-c4cnc([C@@H]5CCCN5C(=O)[C@@H](NC(=O)OC)C(C)C)[nH]4)cc3)cc2)c(C(F)(F)F)[nH]1)C(C)C. The molecule has 14 nitrogen and oxygen atoms in total. The van der Waals surface area contributed by atoms with Crippen molar-refractivity contribution in [3.8, 4) is 33.6 Å². The molecule has 0 saturated carbocycles. The molecule has 2 aromatic heterocycles. The van der Waals surface area contributed by atoms with Crippen molar-refractivity contribution in [2.75, 3.05) is 27.2 Å². The number of carbonyl (C=O) groups is 4. The van der Waals surface area contributed by atoms with Gasteiger partial charge in [-0.15, -0.1) is 0 Å². The number of likely N-dealkylation sites (tertiary alicyclic amines) is 2. The molecule has 58 heavy (non-hydrogen) atoms. The lowest BCUT2D eigenvalue weighted by atomic mass is 10.0. The van der Waals surface area contributed by atoms with Gasteiger partial charge >= 0.3 is 18.4 Å². The summed E-state index contributed by atoms with van der Waals surface area (Å²) in [5.74, 6) is -0.556. The van der Waals surface area contributed by atoms with Gasteiger partial charge in [0.25, 0.3) is 5.91 Å². The largest absolute Gasteiger partial charge is 0.453 e. The monoisotopic (exact) mass is 806 g/mol. The number of hydrogen-bond donors (Lipinski definition) is 4. The van der Waals surface area contributed by atoms with Crippen molar-refractivity contribution in [1.29, 1.82) is 0 Å². The fourth-order valence-corrected chi connectivity index (χ4v) is 7.60. The van der Waals surface area contributed by atoms with Gasteiger partial charge in [-0.2, -0.15) is 13.2 Å². The fourth-order valence-electron chi connectivity index (χ4n) is 7.60. The number of benzene rings is 2. The Morgan fingerprint density at radius 1 is 0.776 bits per heavy atom. The second kappa shape index (κ2) is 17.3. The van der Waals surface area contributed by atoms with E-state index in [0.717, 1.165) is 28.8 Å². The highest BCUT2D eigenvalue weighted by Gasteiger charge is 2.43. The second-order valence-corrected chi connectivity index (χ2v) is 15.2. The molecule has 4 heterocycles. The number of alkyl halides is 3. The van der Waals surface area contributed by atoms with Crippen LogP contribution in [0.1, 0.15) is 82.8 Å².